The van der Waals surface area contributed by atoms with Crippen molar-refractivity contribution in [3.05, 3.63) is 23.2 Å². The van der Waals surface area contributed by atoms with E-state index in [9.17, 15) is 14.4 Å². The number of hydrogen-bond acceptors (Lipinski definition) is 4. The van der Waals surface area contributed by atoms with Gasteiger partial charge >= 0.3 is 0 Å². The zero-order chi connectivity index (χ0) is 21.1. The lowest BCUT2D eigenvalue weighted by Gasteiger charge is -2.33. The minimum absolute atomic E-state index is 0.0236. The summed E-state index contributed by atoms with van der Waals surface area (Å²) in [6.07, 6.45) is 1.47. The van der Waals surface area contributed by atoms with Crippen molar-refractivity contribution in [2.45, 2.75) is 39.2 Å². The van der Waals surface area contributed by atoms with Gasteiger partial charge < -0.3 is 19.9 Å². The average Bonchev–Trinajstić information content (AvgIpc) is 3.08. The van der Waals surface area contributed by atoms with Crippen molar-refractivity contribution in [2.24, 2.45) is 11.8 Å². The van der Waals surface area contributed by atoms with Crippen molar-refractivity contribution in [1.29, 1.82) is 0 Å². The Morgan fingerprint density at radius 2 is 1.90 bits per heavy atom. The van der Waals surface area contributed by atoms with Crippen LogP contribution in [0.2, 0.25) is 5.02 Å². The van der Waals surface area contributed by atoms with Crippen LogP contribution in [-0.4, -0.2) is 55.4 Å². The number of carbonyl (C=O) groups is 3. The van der Waals surface area contributed by atoms with Crippen molar-refractivity contribution < 1.29 is 19.1 Å². The van der Waals surface area contributed by atoms with Crippen molar-refractivity contribution >= 4 is 35.0 Å². The van der Waals surface area contributed by atoms with Crippen LogP contribution in [0.25, 0.3) is 0 Å². The van der Waals surface area contributed by atoms with Crippen LogP contribution in [0.15, 0.2) is 18.2 Å². The van der Waals surface area contributed by atoms with Gasteiger partial charge in [0.2, 0.25) is 17.7 Å². The number of anilines is 1. The fourth-order valence-corrected chi connectivity index (χ4v) is 4.17. The number of halogens is 1. The Morgan fingerprint density at radius 3 is 2.52 bits per heavy atom. The molecule has 1 atom stereocenters. The minimum Gasteiger partial charge on any atom is -0.495 e. The summed E-state index contributed by atoms with van der Waals surface area (Å²) in [6, 6.07) is 5.21. The topological polar surface area (TPSA) is 79.0 Å². The predicted molar refractivity (Wildman–Crippen MR) is 111 cm³/mol. The monoisotopic (exact) mass is 421 g/mol. The van der Waals surface area contributed by atoms with Crippen LogP contribution in [0.3, 0.4) is 0 Å². The number of hydrogen-bond donors (Lipinski definition) is 1. The summed E-state index contributed by atoms with van der Waals surface area (Å²) in [5.41, 5.74) is 0.587. The van der Waals surface area contributed by atoms with Gasteiger partial charge in [-0.1, -0.05) is 11.6 Å². The fraction of sp³-hybridized carbons (Fsp3) is 0.571. The maximum Gasteiger partial charge on any atom is 0.228 e. The molecule has 0 aliphatic carbocycles. The van der Waals surface area contributed by atoms with Gasteiger partial charge in [0.25, 0.3) is 0 Å². The van der Waals surface area contributed by atoms with Crippen molar-refractivity contribution in [3.63, 3.8) is 0 Å². The summed E-state index contributed by atoms with van der Waals surface area (Å²) in [5, 5.41) is 3.45. The Kier molecular flexibility index (Phi) is 6.67. The first-order chi connectivity index (χ1) is 13.8. The lowest BCUT2D eigenvalue weighted by atomic mass is 9.94. The summed E-state index contributed by atoms with van der Waals surface area (Å²) in [6.45, 7) is 5.27. The van der Waals surface area contributed by atoms with Crippen molar-refractivity contribution in [1.82, 2.24) is 10.2 Å². The van der Waals surface area contributed by atoms with E-state index >= 15 is 0 Å². The van der Waals surface area contributed by atoms with E-state index < -0.39 is 5.92 Å². The molecule has 158 valence electrons. The first-order valence-corrected chi connectivity index (χ1v) is 10.4. The number of carbonyl (C=O) groups excluding carboxylic acids is 3. The van der Waals surface area contributed by atoms with Crippen LogP contribution in [0, 0.1) is 11.8 Å². The number of nitrogens with zero attached hydrogens (tertiary/aromatic N) is 2. The molecular weight excluding hydrogens is 394 g/mol. The largest absolute Gasteiger partial charge is 0.495 e. The van der Waals surface area contributed by atoms with Gasteiger partial charge in [-0.3, -0.25) is 14.4 Å². The second-order valence-corrected chi connectivity index (χ2v) is 8.42. The molecule has 0 saturated carbocycles. The number of piperidine rings is 1. The molecule has 29 heavy (non-hydrogen) atoms. The number of methoxy groups -OCH3 is 1. The molecule has 1 N–H and O–H groups in total. The first kappa shape index (κ1) is 21.4. The Bertz CT molecular complexity index is 790. The van der Waals surface area contributed by atoms with E-state index in [-0.39, 0.29) is 36.1 Å². The second kappa shape index (κ2) is 9.03. The zero-order valence-electron chi connectivity index (χ0n) is 17.1. The highest BCUT2D eigenvalue weighted by Crippen LogP contribution is 2.36. The highest BCUT2D eigenvalue weighted by molar-refractivity contribution is 6.31. The molecule has 2 fully saturated rings. The number of rotatable bonds is 5. The van der Waals surface area contributed by atoms with E-state index in [0.717, 1.165) is 0 Å². The van der Waals surface area contributed by atoms with Gasteiger partial charge in [-0.05, 0) is 44.9 Å². The maximum absolute atomic E-state index is 13.0. The van der Waals surface area contributed by atoms with E-state index in [4.69, 9.17) is 16.3 Å². The molecule has 0 aromatic heterocycles. The summed E-state index contributed by atoms with van der Waals surface area (Å²) in [7, 11) is 1.54. The van der Waals surface area contributed by atoms with Crippen LogP contribution < -0.4 is 15.0 Å². The molecule has 3 rings (SSSR count). The molecule has 8 heteroatoms. The number of ether oxygens (including phenoxy) is 1. The average molecular weight is 422 g/mol. The van der Waals surface area contributed by atoms with Gasteiger partial charge in [0.15, 0.2) is 0 Å². The molecule has 1 aromatic rings. The zero-order valence-corrected chi connectivity index (χ0v) is 17.9. The summed E-state index contributed by atoms with van der Waals surface area (Å²) < 4.78 is 5.35. The molecule has 2 heterocycles. The third-order valence-electron chi connectivity index (χ3n) is 5.51. The lowest BCUT2D eigenvalue weighted by molar-refractivity contribution is -0.139. The highest BCUT2D eigenvalue weighted by Gasteiger charge is 2.39. The SMILES string of the molecule is COc1ccc(Cl)cc1N1CC(C(=O)N2CCC(C(=O)NC(C)C)CC2)CC1=O. The third kappa shape index (κ3) is 4.83. The van der Waals surface area contributed by atoms with E-state index in [1.165, 1.54) is 7.11 Å². The van der Waals surface area contributed by atoms with Crippen molar-refractivity contribution in [2.75, 3.05) is 31.6 Å². The molecule has 1 aromatic carbocycles. The number of amides is 3. The highest BCUT2D eigenvalue weighted by atomic mass is 35.5. The van der Waals surface area contributed by atoms with Gasteiger partial charge in [-0.25, -0.2) is 0 Å². The number of benzene rings is 1. The normalized spacial score (nSPS) is 20.3. The molecule has 2 saturated heterocycles. The Hall–Kier alpha value is -2.28. The molecule has 2 aliphatic heterocycles. The summed E-state index contributed by atoms with van der Waals surface area (Å²) in [5.74, 6) is 0.0148. The van der Waals surface area contributed by atoms with Crippen LogP contribution in [0.1, 0.15) is 33.1 Å². The first-order valence-electron chi connectivity index (χ1n) is 10.0. The standard InChI is InChI=1S/C21H28ClN3O4/c1-13(2)23-20(27)14-6-8-24(9-7-14)21(28)15-10-19(26)25(12-15)17-11-16(22)4-5-18(17)29-3/h4-5,11,13-15H,6-10,12H2,1-3H3,(H,23,27). The van der Waals surface area contributed by atoms with E-state index in [0.29, 0.717) is 48.9 Å². The molecule has 1 unspecified atom stereocenters. The number of likely N-dealkylation sites (tertiary alicyclic amines) is 1. The smallest absolute Gasteiger partial charge is 0.228 e. The summed E-state index contributed by atoms with van der Waals surface area (Å²) in [4.78, 5) is 41.1. The molecule has 0 radical (unpaired) electrons. The van der Waals surface area contributed by atoms with E-state index in [1.54, 1.807) is 28.0 Å². The molecule has 0 bridgehead atoms. The van der Waals surface area contributed by atoms with Crippen LogP contribution in [0.5, 0.6) is 5.75 Å². The Labute approximate surface area is 176 Å². The molecule has 3 amide bonds. The predicted octanol–water partition coefficient (Wildman–Crippen LogP) is 2.46. The minimum atomic E-state index is -0.396. The van der Waals surface area contributed by atoms with Gasteiger partial charge in [-0.2, -0.15) is 0 Å². The van der Waals surface area contributed by atoms with Crippen LogP contribution >= 0.6 is 11.6 Å². The van der Waals surface area contributed by atoms with E-state index in [1.807, 2.05) is 13.8 Å². The maximum atomic E-state index is 13.0. The number of nitrogens with one attached hydrogen (secondary N) is 1. The third-order valence-corrected chi connectivity index (χ3v) is 5.75. The van der Waals surface area contributed by atoms with Crippen LogP contribution in [-0.2, 0) is 14.4 Å². The molecule has 7 nitrogen and oxygen atoms in total. The molecule has 2 aliphatic rings. The Balaban J connectivity index is 1.62. The molecule has 0 spiro atoms. The van der Waals surface area contributed by atoms with Crippen molar-refractivity contribution in [3.8, 4) is 5.75 Å². The van der Waals surface area contributed by atoms with E-state index in [2.05, 4.69) is 5.32 Å². The van der Waals surface area contributed by atoms with Gasteiger partial charge in [0.1, 0.15) is 5.75 Å². The van der Waals surface area contributed by atoms with Crippen LogP contribution in [0.4, 0.5) is 5.69 Å². The Morgan fingerprint density at radius 1 is 1.21 bits per heavy atom. The lowest BCUT2D eigenvalue weighted by Crippen LogP contribution is -2.46. The molecular formula is C21H28ClN3O4. The quantitative estimate of drug-likeness (QED) is 0.792. The fourth-order valence-electron chi connectivity index (χ4n) is 4.00. The van der Waals surface area contributed by atoms with Gasteiger partial charge in [-0.15, -0.1) is 0 Å². The second-order valence-electron chi connectivity index (χ2n) is 7.98. The van der Waals surface area contributed by atoms with Gasteiger partial charge in [0, 0.05) is 43.0 Å². The summed E-state index contributed by atoms with van der Waals surface area (Å²) >= 11 is 6.09. The van der Waals surface area contributed by atoms with Gasteiger partial charge in [0.05, 0.1) is 18.7 Å².